The quantitative estimate of drug-likeness (QED) is 0.0368. The van der Waals surface area contributed by atoms with Gasteiger partial charge in [-0.15, -0.1) is 0 Å². The number of benzene rings is 4. The molecule has 0 aliphatic carbocycles. The molecule has 2 aliphatic heterocycles. The third kappa shape index (κ3) is 10.8. The summed E-state index contributed by atoms with van der Waals surface area (Å²) in [4.78, 5) is 25.8. The third-order valence-corrected chi connectivity index (χ3v) is 14.2. The maximum Gasteiger partial charge on any atom is 0.331 e. The lowest BCUT2D eigenvalue weighted by molar-refractivity contribution is -0.941. The third-order valence-electron chi connectivity index (χ3n) is 14.2. The molecule has 4 atom stereocenters. The van der Waals surface area contributed by atoms with E-state index in [4.69, 9.17) is 42.6 Å². The van der Waals surface area contributed by atoms with Crippen molar-refractivity contribution >= 4 is 11.9 Å². The van der Waals surface area contributed by atoms with Crippen LogP contribution in [0.5, 0.6) is 40.2 Å². The molecule has 0 spiro atoms. The van der Waals surface area contributed by atoms with Crippen molar-refractivity contribution in [2.24, 2.45) is 0 Å². The van der Waals surface area contributed by atoms with Crippen molar-refractivity contribution in [3.8, 4) is 40.2 Å². The molecule has 67 heavy (non-hydrogen) atoms. The topological polar surface area (TPSA) is 117 Å². The van der Waals surface area contributed by atoms with Crippen LogP contribution in [0.2, 0.25) is 0 Å². The molecule has 4 unspecified atom stereocenters. The summed E-state index contributed by atoms with van der Waals surface area (Å²) in [6, 6.07) is 15.0. The Morgan fingerprint density at radius 2 is 1.09 bits per heavy atom. The van der Waals surface area contributed by atoms with Crippen LogP contribution < -0.4 is 33.2 Å². The van der Waals surface area contributed by atoms with Gasteiger partial charge in [0.05, 0.1) is 109 Å². The number of nitrogens with zero attached hydrogens (tertiary/aromatic N) is 2. The van der Waals surface area contributed by atoms with Crippen molar-refractivity contribution in [3.05, 3.63) is 110 Å². The first kappa shape index (κ1) is 50.5. The molecule has 0 saturated carbocycles. The zero-order valence-corrected chi connectivity index (χ0v) is 42.0. The lowest BCUT2D eigenvalue weighted by Crippen LogP contribution is -2.52. The van der Waals surface area contributed by atoms with Crippen molar-refractivity contribution < 1.29 is 61.2 Å². The van der Waals surface area contributed by atoms with E-state index in [1.165, 1.54) is 27.8 Å². The molecule has 0 N–H and O–H groups in total. The number of esters is 2. The van der Waals surface area contributed by atoms with Crippen molar-refractivity contribution in [2.45, 2.75) is 71.9 Å². The van der Waals surface area contributed by atoms with Crippen LogP contribution in [-0.2, 0) is 38.3 Å². The first-order chi connectivity index (χ1) is 32.1. The lowest BCUT2D eigenvalue weighted by atomic mass is 9.82. The number of fused-ring (bicyclic) bond motifs is 2. The van der Waals surface area contributed by atoms with Gasteiger partial charge in [0, 0.05) is 55.4 Å². The van der Waals surface area contributed by atoms with Crippen LogP contribution in [0, 0.1) is 27.7 Å². The van der Waals surface area contributed by atoms with Gasteiger partial charge in [0.25, 0.3) is 0 Å². The zero-order valence-electron chi connectivity index (χ0n) is 42.0. The zero-order chi connectivity index (χ0) is 48.6. The van der Waals surface area contributed by atoms with Crippen LogP contribution in [0.25, 0.3) is 0 Å². The first-order valence-electron chi connectivity index (χ1n) is 23.1. The number of ether oxygens (including phenoxy) is 9. The van der Waals surface area contributed by atoms with E-state index in [1.54, 1.807) is 49.8 Å². The van der Waals surface area contributed by atoms with E-state index in [9.17, 15) is 9.59 Å². The fraction of sp³-hybridized carbons (Fsp3) is 0.481. The van der Waals surface area contributed by atoms with Crippen molar-refractivity contribution in [1.29, 1.82) is 0 Å². The Hall–Kier alpha value is -5.92. The minimum atomic E-state index is -0.589. The highest BCUT2D eigenvalue weighted by molar-refractivity contribution is 5.91. The minimum absolute atomic E-state index is 0.0686. The molecule has 13 nitrogen and oxygen atoms in total. The van der Waals surface area contributed by atoms with E-state index in [2.05, 4.69) is 70.4 Å². The second-order valence-electron chi connectivity index (χ2n) is 18.4. The van der Waals surface area contributed by atoms with Crippen LogP contribution >= 0.6 is 0 Å². The van der Waals surface area contributed by atoms with Gasteiger partial charge in [-0.1, -0.05) is 12.1 Å². The molecular weight excluding hydrogens is 853 g/mol. The second-order valence-corrected chi connectivity index (χ2v) is 18.4. The number of hydrogen-bond acceptors (Lipinski definition) is 11. The standard InChI is InChI=1S/C54H72N2O11/c1-34-27-40-19-23-56(6,51(50(40)54(65-13)37(34)4)41-28-36(3)53(64-12)47(32-41)62-10)21-15-25-67-49(58)17-16-48(57)66-24-14-20-55(5)22-18-39-31-44(59-7)45(60-8)33-42(39)43(55)29-38-26-35(2)52(63-11)46(30-38)61-9/h16-17,26-28,30-33,43,51H,14-15,18-25,29H2,1-13H3/q+2/b17-16-. The predicted octanol–water partition coefficient (Wildman–Crippen LogP) is 8.48. The Morgan fingerprint density at radius 1 is 0.567 bits per heavy atom. The Kier molecular flexibility index (Phi) is 16.4. The molecule has 0 saturated heterocycles. The average Bonchev–Trinajstić information content (AvgIpc) is 3.31. The Morgan fingerprint density at radius 3 is 1.67 bits per heavy atom. The predicted molar refractivity (Wildman–Crippen MR) is 258 cm³/mol. The largest absolute Gasteiger partial charge is 0.496 e. The summed E-state index contributed by atoms with van der Waals surface area (Å²) in [6.45, 7) is 11.9. The number of likely N-dealkylation sites (N-methyl/N-ethyl adjacent to an activating group) is 2. The van der Waals surface area contributed by atoms with E-state index in [-0.39, 0.29) is 25.3 Å². The van der Waals surface area contributed by atoms with Crippen LogP contribution in [0.1, 0.15) is 80.6 Å². The van der Waals surface area contributed by atoms with Crippen LogP contribution in [0.15, 0.2) is 54.6 Å². The maximum absolute atomic E-state index is 12.9. The molecule has 6 rings (SSSR count). The van der Waals surface area contributed by atoms with Crippen LogP contribution in [0.4, 0.5) is 0 Å². The summed E-state index contributed by atoms with van der Waals surface area (Å²) < 4.78 is 53.1. The van der Waals surface area contributed by atoms with Gasteiger partial charge >= 0.3 is 11.9 Å². The van der Waals surface area contributed by atoms with Crippen molar-refractivity contribution in [2.75, 3.05) is 103 Å². The number of methoxy groups -OCH3 is 7. The lowest BCUT2D eigenvalue weighted by Gasteiger charge is -2.46. The number of quaternary nitrogens is 2. The molecule has 4 aromatic carbocycles. The maximum atomic E-state index is 12.9. The summed E-state index contributed by atoms with van der Waals surface area (Å²) in [5.41, 5.74) is 11.4. The van der Waals surface area contributed by atoms with Gasteiger partial charge in [-0.05, 0) is 97.0 Å². The highest BCUT2D eigenvalue weighted by Gasteiger charge is 2.44. The second kappa shape index (κ2) is 21.8. The van der Waals surface area contributed by atoms with Crippen LogP contribution in [0.3, 0.4) is 0 Å². The van der Waals surface area contributed by atoms with E-state index >= 15 is 0 Å². The summed E-state index contributed by atoms with van der Waals surface area (Å²) >= 11 is 0. The molecule has 0 fully saturated rings. The summed E-state index contributed by atoms with van der Waals surface area (Å²) in [7, 11) is 16.2. The number of carbonyl (C=O) groups excluding carboxylic acids is 2. The average molecular weight is 925 g/mol. The molecular formula is C54H72N2O11+2. The van der Waals surface area contributed by atoms with E-state index in [0.29, 0.717) is 46.1 Å². The Balaban J connectivity index is 1.07. The van der Waals surface area contributed by atoms with Gasteiger partial charge in [0.1, 0.15) is 17.8 Å². The van der Waals surface area contributed by atoms with Crippen molar-refractivity contribution in [1.82, 2.24) is 0 Å². The molecule has 4 aromatic rings. The van der Waals surface area contributed by atoms with Gasteiger partial charge in [0.15, 0.2) is 34.5 Å². The van der Waals surface area contributed by atoms with Gasteiger partial charge in [-0.2, -0.15) is 0 Å². The normalized spacial score (nSPS) is 19.8. The molecule has 0 amide bonds. The van der Waals surface area contributed by atoms with Gasteiger partial charge < -0.3 is 51.6 Å². The Labute approximate surface area is 397 Å². The first-order valence-corrected chi connectivity index (χ1v) is 23.1. The van der Waals surface area contributed by atoms with Gasteiger partial charge in [0.2, 0.25) is 0 Å². The van der Waals surface area contributed by atoms with E-state index < -0.39 is 11.9 Å². The fourth-order valence-electron chi connectivity index (χ4n) is 10.6. The number of hydrogen-bond donors (Lipinski definition) is 0. The van der Waals surface area contributed by atoms with Crippen molar-refractivity contribution in [3.63, 3.8) is 0 Å². The summed E-state index contributed by atoms with van der Waals surface area (Å²) in [5.74, 6) is 3.93. The molecule has 0 aromatic heterocycles. The SMILES string of the molecule is COc1cc2c(cc1OC)C(Cc1cc(C)c(OC)c(OC)c1)[N+](C)(CCCOC(=O)/C=C\C(=O)OCCC[N+]1(C)CCc3cc(C)c(C)c(OC)c3C1c1cc(C)c(OC)c(OC)c1)CC2. The molecule has 2 aliphatic rings. The molecule has 362 valence electrons. The molecule has 0 radical (unpaired) electrons. The summed E-state index contributed by atoms with van der Waals surface area (Å²) in [5, 5.41) is 0. The fourth-order valence-corrected chi connectivity index (χ4v) is 10.6. The molecule has 13 heteroatoms. The summed E-state index contributed by atoms with van der Waals surface area (Å²) in [6.07, 6.45) is 6.02. The highest BCUT2D eigenvalue weighted by Crippen LogP contribution is 2.49. The number of aryl methyl sites for hydroxylation is 3. The van der Waals surface area contributed by atoms with Gasteiger partial charge in [-0.3, -0.25) is 0 Å². The number of carbonyl (C=O) groups is 2. The number of rotatable bonds is 20. The minimum Gasteiger partial charge on any atom is -0.496 e. The molecule has 2 heterocycles. The van der Waals surface area contributed by atoms with E-state index in [0.717, 1.165) is 101 Å². The van der Waals surface area contributed by atoms with E-state index in [1.807, 2.05) is 13.8 Å². The molecule has 0 bridgehead atoms. The highest BCUT2D eigenvalue weighted by atomic mass is 16.5. The van der Waals surface area contributed by atoms with Crippen LogP contribution in [-0.4, -0.2) is 124 Å². The smallest absolute Gasteiger partial charge is 0.331 e. The van der Waals surface area contributed by atoms with Gasteiger partial charge in [-0.25, -0.2) is 9.59 Å². The monoisotopic (exact) mass is 925 g/mol. The Bertz CT molecular complexity index is 2460.